The minimum atomic E-state index is -1.07. The number of para-hydroxylation sites is 2. The second-order valence-electron chi connectivity index (χ2n) is 5.01. The predicted molar refractivity (Wildman–Crippen MR) is 93.9 cm³/mol. The lowest BCUT2D eigenvalue weighted by Crippen LogP contribution is -2.24. The van der Waals surface area contributed by atoms with Gasteiger partial charge in [-0.3, -0.25) is 0 Å². The maximum Gasteiger partial charge on any atom is 0.412 e. The van der Waals surface area contributed by atoms with Crippen molar-refractivity contribution in [1.82, 2.24) is 10.6 Å². The van der Waals surface area contributed by atoms with Crippen molar-refractivity contribution in [1.29, 1.82) is 0 Å². The maximum atomic E-state index is 12.2. The van der Waals surface area contributed by atoms with Gasteiger partial charge in [-0.25, -0.2) is 29.0 Å². The Kier molecular flexibility index (Phi) is 6.92. The Hall–Kier alpha value is -4.08. The average molecular weight is 388 g/mol. The summed E-state index contributed by atoms with van der Waals surface area (Å²) in [4.78, 5) is 56.1. The molecule has 146 valence electrons. The highest BCUT2D eigenvalue weighted by Crippen LogP contribution is 2.21. The molecule has 0 unspecified atom stereocenters. The molecule has 0 radical (unpaired) electrons. The van der Waals surface area contributed by atoms with E-state index in [2.05, 4.69) is 20.4 Å². The molecule has 2 N–H and O–H groups in total. The van der Waals surface area contributed by atoms with Gasteiger partial charge in [0.05, 0.1) is 0 Å². The fourth-order valence-electron chi connectivity index (χ4n) is 1.92. The minimum absolute atomic E-state index is 0.0914. The van der Waals surface area contributed by atoms with Gasteiger partial charge in [-0.05, 0) is 24.3 Å². The smallest absolute Gasteiger partial charge is 0.409 e. The zero-order valence-electron chi connectivity index (χ0n) is 14.9. The molecular formula is C18H16N2O8. The summed E-state index contributed by atoms with van der Waals surface area (Å²) >= 11 is 0. The van der Waals surface area contributed by atoms with E-state index in [1.54, 1.807) is 0 Å². The van der Waals surface area contributed by atoms with Crippen LogP contribution < -0.4 is 20.1 Å². The van der Waals surface area contributed by atoms with Gasteiger partial charge >= 0.3 is 24.1 Å². The zero-order chi connectivity index (χ0) is 20.5. The Balaban J connectivity index is 2.09. The van der Waals surface area contributed by atoms with E-state index in [-0.39, 0.29) is 22.6 Å². The Morgan fingerprint density at radius 3 is 1.36 bits per heavy atom. The first-order valence-corrected chi connectivity index (χ1v) is 7.86. The van der Waals surface area contributed by atoms with Crippen LogP contribution in [-0.4, -0.2) is 38.2 Å². The van der Waals surface area contributed by atoms with Crippen LogP contribution in [0, 0.1) is 0 Å². The number of carbonyl (C=O) groups is 4. The van der Waals surface area contributed by atoms with Crippen LogP contribution in [0.5, 0.6) is 11.5 Å². The van der Waals surface area contributed by atoms with Crippen molar-refractivity contribution in [2.24, 2.45) is 0 Å². The third-order valence-electron chi connectivity index (χ3n) is 3.22. The summed E-state index contributed by atoms with van der Waals surface area (Å²) in [6, 6.07) is 11.4. The lowest BCUT2D eigenvalue weighted by Gasteiger charge is -2.10. The zero-order valence-corrected chi connectivity index (χ0v) is 14.9. The lowest BCUT2D eigenvalue weighted by atomic mass is 10.2. The van der Waals surface area contributed by atoms with Crippen LogP contribution in [0.1, 0.15) is 20.7 Å². The number of hydrogen-bond donors (Lipinski definition) is 2. The molecule has 10 heteroatoms. The summed E-state index contributed by atoms with van der Waals surface area (Å²) < 4.78 is 9.85. The molecule has 28 heavy (non-hydrogen) atoms. The summed E-state index contributed by atoms with van der Waals surface area (Å²) in [5.41, 5.74) is -0.289. The van der Waals surface area contributed by atoms with E-state index in [1.165, 1.54) is 62.6 Å². The van der Waals surface area contributed by atoms with E-state index in [1.807, 2.05) is 0 Å². The third-order valence-corrected chi connectivity index (χ3v) is 3.22. The number of amides is 2. The fraction of sp³-hybridized carbons (Fsp3) is 0.111. The Bertz CT molecular complexity index is 823. The Morgan fingerprint density at radius 2 is 1.00 bits per heavy atom. The Labute approximate surface area is 159 Å². The number of ether oxygens (including phenoxy) is 2. The summed E-state index contributed by atoms with van der Waals surface area (Å²) in [5.74, 6) is -2.33. The first kappa shape index (κ1) is 20.2. The standard InChI is InChI=1S/C18H16N2O8/c1-19-17(23)25-13-9-5-3-7-11(13)15(21)27-28-16(22)12-8-4-6-10-14(12)26-18(24)20-2/h3-10H,1-2H3,(H,19,23)(H,20,24). The highest BCUT2D eigenvalue weighted by molar-refractivity contribution is 5.96. The van der Waals surface area contributed by atoms with Gasteiger partial charge in [0.2, 0.25) is 0 Å². The molecule has 0 heterocycles. The topological polar surface area (TPSA) is 129 Å². The van der Waals surface area contributed by atoms with Gasteiger partial charge in [0.15, 0.2) is 0 Å². The van der Waals surface area contributed by atoms with Crippen molar-refractivity contribution >= 4 is 24.1 Å². The second-order valence-corrected chi connectivity index (χ2v) is 5.01. The van der Waals surface area contributed by atoms with Crippen LogP contribution in [0.15, 0.2) is 48.5 Å². The first-order chi connectivity index (χ1) is 13.5. The molecule has 0 aromatic heterocycles. The summed E-state index contributed by atoms with van der Waals surface area (Å²) in [6.45, 7) is 0. The highest BCUT2D eigenvalue weighted by Gasteiger charge is 2.21. The first-order valence-electron chi connectivity index (χ1n) is 7.86. The van der Waals surface area contributed by atoms with Crippen LogP contribution in [0.4, 0.5) is 9.59 Å². The molecule has 0 aliphatic heterocycles. The molecule has 2 amide bonds. The predicted octanol–water partition coefficient (Wildman–Crippen LogP) is 2.05. The van der Waals surface area contributed by atoms with Crippen molar-refractivity contribution in [2.45, 2.75) is 0 Å². The summed E-state index contributed by atoms with van der Waals surface area (Å²) in [6.07, 6.45) is -1.59. The van der Waals surface area contributed by atoms with E-state index in [4.69, 9.17) is 9.47 Å². The number of carbonyl (C=O) groups excluding carboxylic acids is 4. The molecule has 0 spiro atoms. The molecule has 2 aromatic rings. The monoisotopic (exact) mass is 388 g/mol. The van der Waals surface area contributed by atoms with Gasteiger partial charge in [0.25, 0.3) is 0 Å². The molecule has 0 bridgehead atoms. The summed E-state index contributed by atoms with van der Waals surface area (Å²) in [7, 11) is 2.70. The normalized spacial score (nSPS) is 9.64. The molecule has 0 aliphatic carbocycles. The molecular weight excluding hydrogens is 372 g/mol. The van der Waals surface area contributed by atoms with Crippen molar-refractivity contribution < 1.29 is 38.4 Å². The molecule has 0 atom stereocenters. The number of hydrogen-bond acceptors (Lipinski definition) is 8. The van der Waals surface area contributed by atoms with E-state index in [0.717, 1.165) is 0 Å². The molecule has 2 aromatic carbocycles. The largest absolute Gasteiger partial charge is 0.412 e. The quantitative estimate of drug-likeness (QED) is 0.601. The van der Waals surface area contributed by atoms with Crippen molar-refractivity contribution in [3.05, 3.63) is 59.7 Å². The van der Waals surface area contributed by atoms with E-state index >= 15 is 0 Å². The van der Waals surface area contributed by atoms with E-state index in [0.29, 0.717) is 0 Å². The molecule has 2 rings (SSSR count). The van der Waals surface area contributed by atoms with E-state index < -0.39 is 24.1 Å². The fourth-order valence-corrected chi connectivity index (χ4v) is 1.92. The maximum absolute atomic E-state index is 12.2. The molecule has 10 nitrogen and oxygen atoms in total. The van der Waals surface area contributed by atoms with Crippen molar-refractivity contribution in [3.8, 4) is 11.5 Å². The number of nitrogens with one attached hydrogen (secondary N) is 2. The van der Waals surface area contributed by atoms with Gasteiger partial charge in [0.1, 0.15) is 22.6 Å². The van der Waals surface area contributed by atoms with Crippen LogP contribution in [0.25, 0.3) is 0 Å². The lowest BCUT2D eigenvalue weighted by molar-refractivity contribution is -0.187. The molecule has 0 fully saturated rings. The van der Waals surface area contributed by atoms with Crippen molar-refractivity contribution in [3.63, 3.8) is 0 Å². The molecule has 0 aliphatic rings. The van der Waals surface area contributed by atoms with Gasteiger partial charge in [-0.1, -0.05) is 24.3 Å². The van der Waals surface area contributed by atoms with Gasteiger partial charge < -0.3 is 20.1 Å². The van der Waals surface area contributed by atoms with Crippen LogP contribution in [0.3, 0.4) is 0 Å². The number of rotatable bonds is 4. The Morgan fingerprint density at radius 1 is 0.643 bits per heavy atom. The van der Waals surface area contributed by atoms with Crippen molar-refractivity contribution in [2.75, 3.05) is 14.1 Å². The molecule has 0 saturated heterocycles. The second kappa shape index (κ2) is 9.57. The van der Waals surface area contributed by atoms with Crippen LogP contribution >= 0.6 is 0 Å². The highest BCUT2D eigenvalue weighted by atomic mass is 17.2. The van der Waals surface area contributed by atoms with Crippen LogP contribution in [-0.2, 0) is 9.78 Å². The van der Waals surface area contributed by atoms with Crippen LogP contribution in [0.2, 0.25) is 0 Å². The number of benzene rings is 2. The SMILES string of the molecule is CNC(=O)Oc1ccccc1C(=O)OOC(=O)c1ccccc1OC(=O)NC. The average Bonchev–Trinajstić information content (AvgIpc) is 2.72. The third kappa shape index (κ3) is 5.21. The van der Waals surface area contributed by atoms with Gasteiger partial charge in [-0.2, -0.15) is 0 Å². The van der Waals surface area contributed by atoms with E-state index in [9.17, 15) is 19.2 Å². The van der Waals surface area contributed by atoms with Gasteiger partial charge in [-0.15, -0.1) is 0 Å². The molecule has 0 saturated carbocycles. The van der Waals surface area contributed by atoms with Gasteiger partial charge in [0, 0.05) is 14.1 Å². The minimum Gasteiger partial charge on any atom is -0.409 e. The summed E-state index contributed by atoms with van der Waals surface area (Å²) in [5, 5.41) is 4.47.